The molecule has 1 fully saturated rings. The van der Waals surface area contributed by atoms with Crippen molar-refractivity contribution < 1.29 is 13.9 Å². The molecule has 5 heteroatoms. The second kappa shape index (κ2) is 5.05. The molecule has 1 atom stereocenters. The highest BCUT2D eigenvalue weighted by Gasteiger charge is 2.31. The highest BCUT2D eigenvalue weighted by atomic mass is 19.1. The Balaban J connectivity index is 2.28. The van der Waals surface area contributed by atoms with Crippen LogP contribution in [0.4, 0.5) is 10.1 Å². The first-order valence-electron chi connectivity index (χ1n) is 5.71. The predicted molar refractivity (Wildman–Crippen MR) is 63.5 cm³/mol. The van der Waals surface area contributed by atoms with E-state index in [-0.39, 0.29) is 17.6 Å². The number of anilines is 1. The Hall–Kier alpha value is -2.09. The molecule has 1 saturated heterocycles. The number of carbonyl (C=O) groups excluding carboxylic acids is 1. The Bertz CT molecular complexity index is 510. The molecule has 1 aliphatic heterocycles. The van der Waals surface area contributed by atoms with E-state index in [9.17, 15) is 9.18 Å². The van der Waals surface area contributed by atoms with Crippen molar-refractivity contribution in [3.8, 4) is 6.07 Å². The smallest absolute Gasteiger partial charge is 0.328 e. The van der Waals surface area contributed by atoms with Gasteiger partial charge in [0.2, 0.25) is 0 Å². The van der Waals surface area contributed by atoms with Gasteiger partial charge in [0.25, 0.3) is 0 Å². The molecule has 1 aliphatic rings. The molecule has 1 aromatic carbocycles. The van der Waals surface area contributed by atoms with Crippen LogP contribution in [0.1, 0.15) is 18.4 Å². The highest BCUT2D eigenvalue weighted by molar-refractivity contribution is 5.80. The summed E-state index contributed by atoms with van der Waals surface area (Å²) >= 11 is 0. The summed E-state index contributed by atoms with van der Waals surface area (Å²) in [6.45, 7) is 0.686. The molecule has 4 nitrogen and oxygen atoms in total. The molecule has 0 aliphatic carbocycles. The van der Waals surface area contributed by atoms with Gasteiger partial charge in [-0.3, -0.25) is 0 Å². The van der Waals surface area contributed by atoms with E-state index >= 15 is 0 Å². The molecule has 1 unspecified atom stereocenters. The molecule has 18 heavy (non-hydrogen) atoms. The number of hydrogen-bond donors (Lipinski definition) is 0. The monoisotopic (exact) mass is 248 g/mol. The van der Waals surface area contributed by atoms with Crippen LogP contribution in [0.2, 0.25) is 0 Å². The zero-order valence-electron chi connectivity index (χ0n) is 10.0. The molecule has 0 bridgehead atoms. The van der Waals surface area contributed by atoms with E-state index in [1.54, 1.807) is 12.1 Å². The highest BCUT2D eigenvalue weighted by Crippen LogP contribution is 2.27. The molecule has 1 heterocycles. The van der Waals surface area contributed by atoms with Crippen LogP contribution in [-0.4, -0.2) is 25.7 Å². The number of rotatable bonds is 2. The zero-order chi connectivity index (χ0) is 13.1. The molecule has 0 radical (unpaired) electrons. The van der Waals surface area contributed by atoms with Gasteiger partial charge in [0.05, 0.1) is 12.7 Å². The quantitative estimate of drug-likeness (QED) is 0.749. The van der Waals surface area contributed by atoms with E-state index in [0.717, 1.165) is 6.42 Å². The van der Waals surface area contributed by atoms with Gasteiger partial charge in [0.15, 0.2) is 0 Å². The van der Waals surface area contributed by atoms with Crippen LogP contribution in [0.25, 0.3) is 0 Å². The minimum Gasteiger partial charge on any atom is -0.467 e. The molecule has 0 saturated carbocycles. The van der Waals surface area contributed by atoms with Crippen LogP contribution in [0.5, 0.6) is 0 Å². The largest absolute Gasteiger partial charge is 0.467 e. The molecule has 0 amide bonds. The lowest BCUT2D eigenvalue weighted by molar-refractivity contribution is -0.141. The van der Waals surface area contributed by atoms with Crippen molar-refractivity contribution in [2.45, 2.75) is 18.9 Å². The molecule has 94 valence electrons. The van der Waals surface area contributed by atoms with Crippen molar-refractivity contribution in [3.05, 3.63) is 29.6 Å². The standard InChI is InChI=1S/C13H13FN2O2/c1-18-13(17)12-3-2-6-16(12)10-5-4-9(8-15)11(14)7-10/h4-5,7,12H,2-3,6H2,1H3. The normalized spacial score (nSPS) is 18.5. The lowest BCUT2D eigenvalue weighted by Crippen LogP contribution is -2.36. The number of nitrogens with zero attached hydrogens (tertiary/aromatic N) is 2. The third-order valence-electron chi connectivity index (χ3n) is 3.13. The molecule has 2 rings (SSSR count). The Morgan fingerprint density at radius 3 is 3.00 bits per heavy atom. The molecule has 0 aromatic heterocycles. The summed E-state index contributed by atoms with van der Waals surface area (Å²) in [5.74, 6) is -0.872. The van der Waals surface area contributed by atoms with Crippen molar-refractivity contribution in [3.63, 3.8) is 0 Å². The summed E-state index contributed by atoms with van der Waals surface area (Å²) in [7, 11) is 1.35. The van der Waals surface area contributed by atoms with Crippen molar-refractivity contribution in [1.29, 1.82) is 5.26 Å². The van der Waals surface area contributed by atoms with Gasteiger partial charge in [-0.2, -0.15) is 5.26 Å². The Labute approximate surface area is 105 Å². The van der Waals surface area contributed by atoms with E-state index in [4.69, 9.17) is 10.00 Å². The van der Waals surface area contributed by atoms with E-state index in [0.29, 0.717) is 18.7 Å². The first kappa shape index (κ1) is 12.4. The van der Waals surface area contributed by atoms with Crippen LogP contribution in [0, 0.1) is 17.1 Å². The average molecular weight is 248 g/mol. The second-order valence-corrected chi connectivity index (χ2v) is 4.15. The average Bonchev–Trinajstić information content (AvgIpc) is 2.86. The summed E-state index contributed by atoms with van der Waals surface area (Å²) in [5.41, 5.74) is 0.618. The first-order valence-corrected chi connectivity index (χ1v) is 5.71. The minimum absolute atomic E-state index is 0.00700. The first-order chi connectivity index (χ1) is 8.67. The third kappa shape index (κ3) is 2.14. The van der Waals surface area contributed by atoms with Crippen molar-refractivity contribution in [2.75, 3.05) is 18.6 Å². The Kier molecular flexibility index (Phi) is 3.47. The number of benzene rings is 1. The second-order valence-electron chi connectivity index (χ2n) is 4.15. The zero-order valence-corrected chi connectivity index (χ0v) is 10.0. The number of nitriles is 1. The van der Waals surface area contributed by atoms with Crippen molar-refractivity contribution >= 4 is 11.7 Å². The minimum atomic E-state index is -0.564. The van der Waals surface area contributed by atoms with Crippen LogP contribution in [0.3, 0.4) is 0 Å². The van der Waals surface area contributed by atoms with Gasteiger partial charge in [-0.05, 0) is 31.0 Å². The molecule has 0 N–H and O–H groups in total. The number of carbonyl (C=O) groups is 1. The fourth-order valence-electron chi connectivity index (χ4n) is 2.23. The maximum absolute atomic E-state index is 13.5. The lowest BCUT2D eigenvalue weighted by atomic mass is 10.1. The van der Waals surface area contributed by atoms with Gasteiger partial charge in [-0.15, -0.1) is 0 Å². The summed E-state index contributed by atoms with van der Waals surface area (Å²) in [5, 5.41) is 8.68. The van der Waals surface area contributed by atoms with Gasteiger partial charge in [-0.25, -0.2) is 9.18 Å². The summed E-state index contributed by atoms with van der Waals surface area (Å²) in [6.07, 6.45) is 1.57. The number of esters is 1. The van der Waals surface area contributed by atoms with Gasteiger partial charge < -0.3 is 9.64 Å². The van der Waals surface area contributed by atoms with E-state index in [1.165, 1.54) is 19.2 Å². The fourth-order valence-corrected chi connectivity index (χ4v) is 2.23. The molecular weight excluding hydrogens is 235 g/mol. The molecule has 0 spiro atoms. The third-order valence-corrected chi connectivity index (χ3v) is 3.13. The topological polar surface area (TPSA) is 53.3 Å². The number of halogens is 1. The van der Waals surface area contributed by atoms with E-state index in [1.807, 2.05) is 4.90 Å². The Morgan fingerprint density at radius 1 is 1.61 bits per heavy atom. The van der Waals surface area contributed by atoms with Gasteiger partial charge >= 0.3 is 5.97 Å². The summed E-state index contributed by atoms with van der Waals surface area (Å²) in [6, 6.07) is 5.79. The van der Waals surface area contributed by atoms with Crippen LogP contribution < -0.4 is 4.90 Å². The SMILES string of the molecule is COC(=O)C1CCCN1c1ccc(C#N)c(F)c1. The van der Waals surface area contributed by atoms with E-state index < -0.39 is 5.82 Å². The summed E-state index contributed by atoms with van der Waals surface area (Å²) < 4.78 is 18.3. The fraction of sp³-hybridized carbons (Fsp3) is 0.385. The van der Waals surface area contributed by atoms with Crippen LogP contribution in [-0.2, 0) is 9.53 Å². The number of hydrogen-bond acceptors (Lipinski definition) is 4. The predicted octanol–water partition coefficient (Wildman–Crippen LogP) is 1.84. The van der Waals surface area contributed by atoms with Crippen molar-refractivity contribution in [1.82, 2.24) is 0 Å². The Morgan fingerprint density at radius 2 is 2.39 bits per heavy atom. The van der Waals surface area contributed by atoms with Gasteiger partial charge in [-0.1, -0.05) is 0 Å². The number of methoxy groups -OCH3 is 1. The van der Waals surface area contributed by atoms with Gasteiger partial charge in [0.1, 0.15) is 17.9 Å². The summed E-state index contributed by atoms with van der Waals surface area (Å²) in [4.78, 5) is 13.4. The molecular formula is C13H13FN2O2. The van der Waals surface area contributed by atoms with Gasteiger partial charge in [0, 0.05) is 12.2 Å². The van der Waals surface area contributed by atoms with E-state index in [2.05, 4.69) is 0 Å². The number of ether oxygens (including phenoxy) is 1. The van der Waals surface area contributed by atoms with Crippen LogP contribution in [0.15, 0.2) is 18.2 Å². The lowest BCUT2D eigenvalue weighted by Gasteiger charge is -2.24. The van der Waals surface area contributed by atoms with Crippen molar-refractivity contribution in [2.24, 2.45) is 0 Å². The maximum atomic E-state index is 13.5. The molecule has 1 aromatic rings. The van der Waals surface area contributed by atoms with Crippen LogP contribution >= 0.6 is 0 Å². The maximum Gasteiger partial charge on any atom is 0.328 e.